The molecule has 5 nitrogen and oxygen atoms in total. The van der Waals surface area contributed by atoms with Gasteiger partial charge in [-0.05, 0) is 41.5 Å². The summed E-state index contributed by atoms with van der Waals surface area (Å²) in [5, 5.41) is 2.10. The van der Waals surface area contributed by atoms with E-state index in [-0.39, 0.29) is 24.6 Å². The molecule has 1 N–H and O–H groups in total. The van der Waals surface area contributed by atoms with E-state index < -0.39 is 22.7 Å². The van der Waals surface area contributed by atoms with Crippen LogP contribution >= 0.6 is 35.6 Å². The van der Waals surface area contributed by atoms with Crippen LogP contribution in [-0.2, 0) is 22.3 Å². The van der Waals surface area contributed by atoms with Gasteiger partial charge in [-0.1, -0.05) is 47.7 Å². The van der Waals surface area contributed by atoms with Crippen molar-refractivity contribution in [3.63, 3.8) is 0 Å². The molecule has 31 heavy (non-hydrogen) atoms. The molecular weight excluding hydrogens is 473 g/mol. The highest BCUT2D eigenvalue weighted by Gasteiger charge is 2.34. The van der Waals surface area contributed by atoms with E-state index in [4.69, 9.17) is 28.6 Å². The lowest BCUT2D eigenvalue weighted by molar-refractivity contribution is -0.137. The number of carbonyl (C=O) groups is 2. The van der Waals surface area contributed by atoms with Gasteiger partial charge in [-0.3, -0.25) is 9.59 Å². The molecule has 2 aromatic carbocycles. The maximum absolute atomic E-state index is 13.2. The number of halogens is 4. The Hall–Kier alpha value is -2.56. The molecule has 0 saturated carbocycles. The Kier molecular flexibility index (Phi) is 5.71. The van der Waals surface area contributed by atoms with Crippen molar-refractivity contribution in [2.24, 2.45) is 0 Å². The van der Waals surface area contributed by atoms with Crippen molar-refractivity contribution in [3.05, 3.63) is 63.0 Å². The van der Waals surface area contributed by atoms with Crippen molar-refractivity contribution in [1.82, 2.24) is 5.32 Å². The van der Waals surface area contributed by atoms with E-state index in [0.29, 0.717) is 26.2 Å². The zero-order valence-corrected chi connectivity index (χ0v) is 17.8. The Bertz CT molecular complexity index is 1150. The molecule has 2 amide bonds. The maximum atomic E-state index is 13.2. The van der Waals surface area contributed by atoms with Crippen molar-refractivity contribution in [2.75, 3.05) is 11.5 Å². The molecule has 2 aromatic rings. The molecule has 11 heteroatoms. The normalized spacial score (nSPS) is 17.6. The fourth-order valence-corrected chi connectivity index (χ4v) is 4.39. The van der Waals surface area contributed by atoms with Gasteiger partial charge < -0.3 is 15.0 Å². The smallest absolute Gasteiger partial charge is 0.417 e. The molecule has 0 aromatic heterocycles. The number of hydrogen-bond donors (Lipinski definition) is 1. The van der Waals surface area contributed by atoms with Crippen LogP contribution in [0, 0.1) is 0 Å². The van der Waals surface area contributed by atoms with Crippen LogP contribution in [0.15, 0.2) is 41.3 Å². The molecule has 0 aliphatic carbocycles. The van der Waals surface area contributed by atoms with Crippen molar-refractivity contribution < 1.29 is 27.5 Å². The number of ether oxygens (including phenoxy) is 1. The van der Waals surface area contributed by atoms with Crippen LogP contribution < -0.4 is 15.0 Å². The average molecular weight is 485 g/mol. The Balaban J connectivity index is 1.68. The van der Waals surface area contributed by atoms with Crippen molar-refractivity contribution >= 4 is 63.5 Å². The molecule has 1 saturated heterocycles. The van der Waals surface area contributed by atoms with E-state index in [2.05, 4.69) is 5.32 Å². The van der Waals surface area contributed by atoms with Crippen LogP contribution in [-0.4, -0.2) is 22.7 Å². The molecule has 0 bridgehead atoms. The van der Waals surface area contributed by atoms with Crippen molar-refractivity contribution in [3.8, 4) is 5.75 Å². The summed E-state index contributed by atoms with van der Waals surface area (Å²) in [5.74, 6) is -0.321. The molecule has 1 fully saturated rings. The van der Waals surface area contributed by atoms with E-state index in [1.165, 1.54) is 11.0 Å². The number of nitrogens with zero attached hydrogens (tertiary/aromatic N) is 1. The SMILES string of the molecule is O=C1NC(=S)S/C1=C/c1ccc2c(c1)N(Cc1ccc(Cl)c(C(F)(F)F)c1)C(=O)CO2. The first-order valence-corrected chi connectivity index (χ1v) is 10.4. The van der Waals surface area contributed by atoms with Gasteiger partial charge in [0.05, 0.1) is 27.7 Å². The lowest BCUT2D eigenvalue weighted by Crippen LogP contribution is -2.38. The lowest BCUT2D eigenvalue weighted by atomic mass is 10.1. The summed E-state index contributed by atoms with van der Waals surface area (Å²) in [6.07, 6.45) is -3.00. The summed E-state index contributed by atoms with van der Waals surface area (Å²) in [6, 6.07) is 8.50. The number of thioether (sulfide) groups is 1. The Morgan fingerprint density at radius 2 is 2.00 bits per heavy atom. The summed E-state index contributed by atoms with van der Waals surface area (Å²) in [4.78, 5) is 26.1. The first-order chi connectivity index (χ1) is 14.6. The van der Waals surface area contributed by atoms with Crippen LogP contribution in [0.2, 0.25) is 5.02 Å². The fourth-order valence-electron chi connectivity index (χ4n) is 3.13. The highest BCUT2D eigenvalue weighted by atomic mass is 35.5. The van der Waals surface area contributed by atoms with E-state index in [0.717, 1.165) is 23.9 Å². The fraction of sp³-hybridized carbons (Fsp3) is 0.150. The molecule has 0 spiro atoms. The Labute approximate surface area is 189 Å². The number of thiocarbonyl (C=S) groups is 1. The second-order valence-electron chi connectivity index (χ2n) is 6.66. The molecule has 0 atom stereocenters. The first-order valence-electron chi connectivity index (χ1n) is 8.79. The molecule has 2 heterocycles. The van der Waals surface area contributed by atoms with Gasteiger partial charge in [-0.25, -0.2) is 0 Å². The number of benzene rings is 2. The second kappa shape index (κ2) is 8.18. The summed E-state index contributed by atoms with van der Waals surface area (Å²) >= 11 is 11.8. The third-order valence-corrected chi connectivity index (χ3v) is 6.03. The molecule has 2 aliphatic heterocycles. The molecule has 0 unspecified atom stereocenters. The number of fused-ring (bicyclic) bond motifs is 1. The van der Waals surface area contributed by atoms with Gasteiger partial charge in [-0.15, -0.1) is 0 Å². The second-order valence-corrected chi connectivity index (χ2v) is 8.79. The standard InChI is InChI=1S/C20H12ClF3N2O3S2/c21-13-3-1-11(5-12(13)20(22,23)24)8-26-14-6-10(2-4-15(14)29-9-17(26)27)7-16-18(28)25-19(30)31-16/h1-7H,8-9H2,(H,25,28,30)/b16-7+. The van der Waals surface area contributed by atoms with Crippen LogP contribution in [0.25, 0.3) is 6.08 Å². The van der Waals surface area contributed by atoms with Gasteiger partial charge in [0.15, 0.2) is 6.61 Å². The van der Waals surface area contributed by atoms with Gasteiger partial charge in [0.1, 0.15) is 10.1 Å². The number of rotatable bonds is 3. The van der Waals surface area contributed by atoms with E-state index in [1.807, 2.05) is 0 Å². The Morgan fingerprint density at radius 1 is 1.23 bits per heavy atom. The first kappa shape index (κ1) is 21.7. The molecule has 0 radical (unpaired) electrons. The zero-order chi connectivity index (χ0) is 22.3. The predicted molar refractivity (Wildman–Crippen MR) is 116 cm³/mol. The van der Waals surface area contributed by atoms with E-state index >= 15 is 0 Å². The van der Waals surface area contributed by atoms with Gasteiger partial charge in [0.25, 0.3) is 11.8 Å². The van der Waals surface area contributed by atoms with Crippen LogP contribution in [0.4, 0.5) is 18.9 Å². The average Bonchev–Trinajstić information content (AvgIpc) is 3.01. The molecule has 2 aliphatic rings. The Morgan fingerprint density at radius 3 is 2.68 bits per heavy atom. The number of carbonyl (C=O) groups excluding carboxylic acids is 2. The summed E-state index contributed by atoms with van der Waals surface area (Å²) in [6.45, 7) is -0.339. The quantitative estimate of drug-likeness (QED) is 0.502. The zero-order valence-electron chi connectivity index (χ0n) is 15.5. The number of hydrogen-bond acceptors (Lipinski definition) is 5. The summed E-state index contributed by atoms with van der Waals surface area (Å²) in [5.41, 5.74) is 0.292. The van der Waals surface area contributed by atoms with E-state index in [9.17, 15) is 22.8 Å². The number of alkyl halides is 3. The van der Waals surface area contributed by atoms with Crippen LogP contribution in [0.1, 0.15) is 16.7 Å². The van der Waals surface area contributed by atoms with Gasteiger partial charge >= 0.3 is 6.18 Å². The topological polar surface area (TPSA) is 58.6 Å². The summed E-state index contributed by atoms with van der Waals surface area (Å²) < 4.78 is 45.4. The predicted octanol–water partition coefficient (Wildman–Crippen LogP) is 4.77. The van der Waals surface area contributed by atoms with E-state index in [1.54, 1.807) is 24.3 Å². The van der Waals surface area contributed by atoms with Crippen LogP contribution in [0.5, 0.6) is 5.75 Å². The van der Waals surface area contributed by atoms with Gasteiger partial charge in [-0.2, -0.15) is 13.2 Å². The number of amides is 2. The molecular formula is C20H12ClF3N2O3S2. The monoisotopic (exact) mass is 484 g/mol. The van der Waals surface area contributed by atoms with Crippen molar-refractivity contribution in [2.45, 2.75) is 12.7 Å². The van der Waals surface area contributed by atoms with Gasteiger partial charge in [0, 0.05) is 0 Å². The van der Waals surface area contributed by atoms with Gasteiger partial charge in [0.2, 0.25) is 0 Å². The van der Waals surface area contributed by atoms with Crippen LogP contribution in [0.3, 0.4) is 0 Å². The number of anilines is 1. The third-order valence-electron chi connectivity index (χ3n) is 4.54. The number of nitrogens with one attached hydrogen (secondary N) is 1. The molecule has 4 rings (SSSR count). The third kappa shape index (κ3) is 4.56. The minimum absolute atomic E-state index is 0.102. The summed E-state index contributed by atoms with van der Waals surface area (Å²) in [7, 11) is 0. The lowest BCUT2D eigenvalue weighted by Gasteiger charge is -2.30. The van der Waals surface area contributed by atoms with Crippen molar-refractivity contribution in [1.29, 1.82) is 0 Å². The minimum atomic E-state index is -4.61. The minimum Gasteiger partial charge on any atom is -0.482 e. The largest absolute Gasteiger partial charge is 0.482 e. The highest BCUT2D eigenvalue weighted by Crippen LogP contribution is 2.38. The molecule has 160 valence electrons. The maximum Gasteiger partial charge on any atom is 0.417 e. The highest BCUT2D eigenvalue weighted by molar-refractivity contribution is 8.26.